The van der Waals surface area contributed by atoms with Crippen LogP contribution in [0.2, 0.25) is 5.02 Å². The first-order valence-corrected chi connectivity index (χ1v) is 12.0. The van der Waals surface area contributed by atoms with Gasteiger partial charge in [-0.15, -0.1) is 11.8 Å². The Morgan fingerprint density at radius 3 is 2.56 bits per heavy atom. The lowest BCUT2D eigenvalue weighted by atomic mass is 10.1. The van der Waals surface area contributed by atoms with Gasteiger partial charge in [0, 0.05) is 33.7 Å². The highest BCUT2D eigenvalue weighted by molar-refractivity contribution is 8.00. The van der Waals surface area contributed by atoms with Crippen LogP contribution in [0.5, 0.6) is 0 Å². The van der Waals surface area contributed by atoms with E-state index in [1.165, 1.54) is 16.7 Å². The maximum Gasteiger partial charge on any atom is 0.247 e. The second-order valence-electron chi connectivity index (χ2n) is 8.00. The third kappa shape index (κ3) is 4.71. The number of imide groups is 1. The number of aromatic nitrogens is 1. The smallest absolute Gasteiger partial charge is 0.247 e. The summed E-state index contributed by atoms with van der Waals surface area (Å²) in [5.74, 6) is -0.560. The van der Waals surface area contributed by atoms with Crippen LogP contribution >= 0.6 is 23.4 Å². The van der Waals surface area contributed by atoms with Gasteiger partial charge in [-0.05, 0) is 65.5 Å². The first-order valence-electron chi connectivity index (χ1n) is 10.7. The molecule has 1 aliphatic rings. The molecule has 4 aromatic rings. The molecule has 5 rings (SSSR count). The van der Waals surface area contributed by atoms with Crippen molar-refractivity contribution in [1.29, 1.82) is 0 Å². The number of thioether (sulfide) groups is 1. The minimum absolute atomic E-state index is 0.131. The molecule has 0 spiro atoms. The summed E-state index contributed by atoms with van der Waals surface area (Å²) in [6, 6.07) is 21.9. The molecule has 0 saturated carbocycles. The normalized spacial score (nSPS) is 15.8. The first kappa shape index (κ1) is 22.3. The molecular formula is C26H20ClN3O3S. The predicted molar refractivity (Wildman–Crippen MR) is 135 cm³/mol. The van der Waals surface area contributed by atoms with Crippen LogP contribution in [0.25, 0.3) is 10.9 Å². The van der Waals surface area contributed by atoms with E-state index in [0.717, 1.165) is 21.4 Å². The van der Waals surface area contributed by atoms with Gasteiger partial charge in [0.15, 0.2) is 0 Å². The van der Waals surface area contributed by atoms with Gasteiger partial charge in [0.25, 0.3) is 0 Å². The summed E-state index contributed by atoms with van der Waals surface area (Å²) in [6.45, 7) is 0. The maximum absolute atomic E-state index is 13.0. The third-order valence-electron chi connectivity index (χ3n) is 5.60. The van der Waals surface area contributed by atoms with E-state index in [1.807, 2.05) is 48.7 Å². The molecular weight excluding hydrogens is 470 g/mol. The number of benzene rings is 3. The highest BCUT2D eigenvalue weighted by atomic mass is 35.5. The number of H-pyrrole nitrogens is 1. The van der Waals surface area contributed by atoms with E-state index in [4.69, 9.17) is 11.6 Å². The molecule has 2 heterocycles. The van der Waals surface area contributed by atoms with Gasteiger partial charge in [0.1, 0.15) is 0 Å². The molecule has 1 unspecified atom stereocenters. The van der Waals surface area contributed by atoms with E-state index in [1.54, 1.807) is 30.3 Å². The molecule has 3 aromatic carbocycles. The molecule has 2 N–H and O–H groups in total. The standard InChI is InChI=1S/C26H20ClN3O3S/c27-18-4-1-16(2-5-18)13-24(31)29-19-6-9-21(10-7-19)34-23-15-25(32)30(26(23)33)20-8-3-17-11-12-28-22(17)14-20/h1-12,14,23,28H,13,15H2,(H,29,31). The summed E-state index contributed by atoms with van der Waals surface area (Å²) in [7, 11) is 0. The Morgan fingerprint density at radius 1 is 1.03 bits per heavy atom. The Hall–Kier alpha value is -3.55. The molecule has 3 amide bonds. The monoisotopic (exact) mass is 489 g/mol. The molecule has 1 saturated heterocycles. The van der Waals surface area contributed by atoms with Crippen molar-refractivity contribution in [3.8, 4) is 0 Å². The fourth-order valence-electron chi connectivity index (χ4n) is 3.92. The Kier molecular flexibility index (Phi) is 6.13. The SMILES string of the molecule is O=C(Cc1ccc(Cl)cc1)Nc1ccc(SC2CC(=O)N(c3ccc4cc[nH]c4c3)C2=O)cc1. The molecule has 0 bridgehead atoms. The van der Waals surface area contributed by atoms with Crippen LogP contribution in [-0.2, 0) is 20.8 Å². The van der Waals surface area contributed by atoms with E-state index in [2.05, 4.69) is 10.3 Å². The number of nitrogens with zero attached hydrogens (tertiary/aromatic N) is 1. The molecule has 1 aliphatic heterocycles. The predicted octanol–water partition coefficient (Wildman–Crippen LogP) is 5.43. The summed E-state index contributed by atoms with van der Waals surface area (Å²) < 4.78 is 0. The van der Waals surface area contributed by atoms with E-state index in [9.17, 15) is 14.4 Å². The topological polar surface area (TPSA) is 82.3 Å². The molecule has 8 heteroatoms. The number of carbonyl (C=O) groups excluding carboxylic acids is 3. The summed E-state index contributed by atoms with van der Waals surface area (Å²) in [4.78, 5) is 43.2. The van der Waals surface area contributed by atoms with Gasteiger partial charge in [0.05, 0.1) is 17.4 Å². The number of hydrogen-bond acceptors (Lipinski definition) is 4. The minimum Gasteiger partial charge on any atom is -0.361 e. The van der Waals surface area contributed by atoms with Crippen LogP contribution in [0.15, 0.2) is 83.9 Å². The van der Waals surface area contributed by atoms with Crippen molar-refractivity contribution in [3.63, 3.8) is 0 Å². The van der Waals surface area contributed by atoms with E-state index in [-0.39, 0.29) is 30.6 Å². The number of hydrogen-bond donors (Lipinski definition) is 2. The average Bonchev–Trinajstić information content (AvgIpc) is 3.40. The number of anilines is 2. The fraction of sp³-hybridized carbons (Fsp3) is 0.115. The van der Waals surface area contributed by atoms with Crippen molar-refractivity contribution < 1.29 is 14.4 Å². The Bertz CT molecular complexity index is 1380. The van der Waals surface area contributed by atoms with Gasteiger partial charge in [0.2, 0.25) is 17.7 Å². The molecule has 0 aliphatic carbocycles. The fourth-order valence-corrected chi connectivity index (χ4v) is 5.10. The summed E-state index contributed by atoms with van der Waals surface area (Å²) >= 11 is 7.23. The molecule has 1 atom stereocenters. The lowest BCUT2D eigenvalue weighted by Gasteiger charge is -2.15. The van der Waals surface area contributed by atoms with Crippen molar-refractivity contribution in [2.45, 2.75) is 23.0 Å². The van der Waals surface area contributed by atoms with E-state index in [0.29, 0.717) is 16.4 Å². The molecule has 34 heavy (non-hydrogen) atoms. The van der Waals surface area contributed by atoms with Gasteiger partial charge < -0.3 is 10.3 Å². The Labute approximate surface area is 205 Å². The van der Waals surface area contributed by atoms with Crippen LogP contribution in [0, 0.1) is 0 Å². The van der Waals surface area contributed by atoms with Gasteiger partial charge in [-0.25, -0.2) is 4.90 Å². The molecule has 1 aromatic heterocycles. The number of amides is 3. The highest BCUT2D eigenvalue weighted by Crippen LogP contribution is 2.35. The lowest BCUT2D eigenvalue weighted by Crippen LogP contribution is -2.31. The Morgan fingerprint density at radius 2 is 1.79 bits per heavy atom. The van der Waals surface area contributed by atoms with Crippen molar-refractivity contribution in [1.82, 2.24) is 4.98 Å². The lowest BCUT2D eigenvalue weighted by molar-refractivity contribution is -0.121. The molecule has 1 fully saturated rings. The third-order valence-corrected chi connectivity index (χ3v) is 7.05. The van der Waals surface area contributed by atoms with Crippen molar-refractivity contribution in [2.75, 3.05) is 10.2 Å². The zero-order valence-electron chi connectivity index (χ0n) is 18.0. The number of nitrogens with one attached hydrogen (secondary N) is 2. The maximum atomic E-state index is 13.0. The van der Waals surface area contributed by atoms with Crippen molar-refractivity contribution in [2.24, 2.45) is 0 Å². The number of halogens is 1. The van der Waals surface area contributed by atoms with Crippen molar-refractivity contribution >= 4 is 63.4 Å². The van der Waals surface area contributed by atoms with Gasteiger partial charge >= 0.3 is 0 Å². The zero-order chi connectivity index (χ0) is 23.7. The van der Waals surface area contributed by atoms with E-state index >= 15 is 0 Å². The number of rotatable bonds is 6. The van der Waals surface area contributed by atoms with Gasteiger partial charge in [-0.1, -0.05) is 29.8 Å². The van der Waals surface area contributed by atoms with Crippen LogP contribution in [0.3, 0.4) is 0 Å². The summed E-state index contributed by atoms with van der Waals surface area (Å²) in [5.41, 5.74) is 2.99. The molecule has 170 valence electrons. The van der Waals surface area contributed by atoms with Crippen LogP contribution in [0.1, 0.15) is 12.0 Å². The molecule has 0 radical (unpaired) electrons. The summed E-state index contributed by atoms with van der Waals surface area (Å²) in [5, 5.41) is 4.03. The summed E-state index contributed by atoms with van der Waals surface area (Å²) in [6.07, 6.45) is 2.22. The Balaban J connectivity index is 1.21. The largest absolute Gasteiger partial charge is 0.361 e. The number of aromatic amines is 1. The van der Waals surface area contributed by atoms with E-state index < -0.39 is 5.25 Å². The van der Waals surface area contributed by atoms with Gasteiger partial charge in [-0.3, -0.25) is 14.4 Å². The average molecular weight is 490 g/mol. The number of carbonyl (C=O) groups is 3. The van der Waals surface area contributed by atoms with Crippen LogP contribution in [-0.4, -0.2) is 28.0 Å². The highest BCUT2D eigenvalue weighted by Gasteiger charge is 2.40. The minimum atomic E-state index is -0.489. The van der Waals surface area contributed by atoms with Crippen molar-refractivity contribution in [3.05, 3.63) is 89.6 Å². The first-order chi connectivity index (χ1) is 16.5. The number of fused-ring (bicyclic) bond motifs is 1. The van der Waals surface area contributed by atoms with Gasteiger partial charge in [-0.2, -0.15) is 0 Å². The second-order valence-corrected chi connectivity index (χ2v) is 9.72. The quantitative estimate of drug-likeness (QED) is 0.354. The van der Waals surface area contributed by atoms with Crippen LogP contribution < -0.4 is 10.2 Å². The zero-order valence-corrected chi connectivity index (χ0v) is 19.5. The van der Waals surface area contributed by atoms with Crippen LogP contribution in [0.4, 0.5) is 11.4 Å². The molecule has 6 nitrogen and oxygen atoms in total. The second kappa shape index (κ2) is 9.37.